The van der Waals surface area contributed by atoms with Crippen molar-refractivity contribution in [1.29, 1.82) is 5.26 Å². The molecule has 1 saturated heterocycles. The minimum atomic E-state index is -0.816. The lowest BCUT2D eigenvalue weighted by atomic mass is 9.91. The molecule has 0 bridgehead atoms. The van der Waals surface area contributed by atoms with Crippen LogP contribution in [0.3, 0.4) is 0 Å². The molecule has 1 heterocycles. The molecule has 0 radical (unpaired) electrons. The number of amides is 1. The number of ketones is 1. The fraction of sp³-hybridized carbons (Fsp3) is 0.400. The molecular weight excluding hydrogens is 259 g/mol. The molecule has 1 fully saturated rings. The molecule has 4 nitrogen and oxygen atoms in total. The third kappa shape index (κ3) is 2.69. The average molecular weight is 274 g/mol. The summed E-state index contributed by atoms with van der Waals surface area (Å²) in [6.45, 7) is 2.21. The predicted molar refractivity (Wildman–Crippen MR) is 71.5 cm³/mol. The molecule has 1 aliphatic rings. The summed E-state index contributed by atoms with van der Waals surface area (Å²) in [4.78, 5) is 25.4. The summed E-state index contributed by atoms with van der Waals surface area (Å²) < 4.78 is 13.9. The van der Waals surface area contributed by atoms with E-state index in [4.69, 9.17) is 5.26 Å². The first-order valence-corrected chi connectivity index (χ1v) is 6.52. The van der Waals surface area contributed by atoms with Crippen LogP contribution in [0, 0.1) is 30.0 Å². The van der Waals surface area contributed by atoms with Gasteiger partial charge in [0.1, 0.15) is 5.82 Å². The predicted octanol–water partition coefficient (Wildman–Crippen LogP) is 2.36. The second-order valence-corrected chi connectivity index (χ2v) is 4.94. The van der Waals surface area contributed by atoms with Crippen molar-refractivity contribution >= 4 is 17.4 Å². The number of piperidine rings is 1. The zero-order chi connectivity index (χ0) is 14.7. The second kappa shape index (κ2) is 5.83. The Morgan fingerprint density at radius 1 is 1.55 bits per heavy atom. The Kier molecular flexibility index (Phi) is 4.14. The number of benzene rings is 1. The Labute approximate surface area is 116 Å². The SMILES string of the molecule is Cc1ccc(F)c(N2CCC[C@H](C(=O)CC#N)C2=O)c1. The zero-order valence-corrected chi connectivity index (χ0v) is 11.2. The molecule has 1 amide bonds. The molecule has 1 aliphatic heterocycles. The molecule has 0 aromatic heterocycles. The van der Waals surface area contributed by atoms with Crippen LogP contribution in [-0.2, 0) is 9.59 Å². The monoisotopic (exact) mass is 274 g/mol. The van der Waals surface area contributed by atoms with Crippen LogP contribution >= 0.6 is 0 Å². The first kappa shape index (κ1) is 14.2. The highest BCUT2D eigenvalue weighted by Crippen LogP contribution is 2.28. The molecular formula is C15H15FN2O2. The quantitative estimate of drug-likeness (QED) is 0.795. The van der Waals surface area contributed by atoms with Gasteiger partial charge in [-0.2, -0.15) is 5.26 Å². The number of carbonyl (C=O) groups excluding carboxylic acids is 2. The van der Waals surface area contributed by atoms with Crippen LogP contribution in [0.5, 0.6) is 0 Å². The highest BCUT2D eigenvalue weighted by atomic mass is 19.1. The third-order valence-corrected chi connectivity index (χ3v) is 3.47. The van der Waals surface area contributed by atoms with E-state index in [-0.39, 0.29) is 17.9 Å². The average Bonchev–Trinajstić information content (AvgIpc) is 2.42. The van der Waals surface area contributed by atoms with E-state index in [9.17, 15) is 14.0 Å². The van der Waals surface area contributed by atoms with Gasteiger partial charge in [0.2, 0.25) is 5.91 Å². The highest BCUT2D eigenvalue weighted by Gasteiger charge is 2.35. The molecule has 0 N–H and O–H groups in total. The first-order chi connectivity index (χ1) is 9.54. The lowest BCUT2D eigenvalue weighted by Gasteiger charge is -2.31. The van der Waals surface area contributed by atoms with Crippen LogP contribution in [0.2, 0.25) is 0 Å². The molecule has 104 valence electrons. The van der Waals surface area contributed by atoms with Crippen molar-refractivity contribution < 1.29 is 14.0 Å². The Morgan fingerprint density at radius 2 is 2.30 bits per heavy atom. The lowest BCUT2D eigenvalue weighted by Crippen LogP contribution is -2.44. The summed E-state index contributed by atoms with van der Waals surface area (Å²) in [7, 11) is 0. The van der Waals surface area contributed by atoms with E-state index in [1.807, 2.05) is 6.92 Å². The number of carbonyl (C=O) groups is 2. The Balaban J connectivity index is 2.29. The number of nitriles is 1. The fourth-order valence-electron chi connectivity index (χ4n) is 2.44. The van der Waals surface area contributed by atoms with Crippen molar-refractivity contribution in [2.24, 2.45) is 5.92 Å². The van der Waals surface area contributed by atoms with Gasteiger partial charge >= 0.3 is 0 Å². The maximum Gasteiger partial charge on any atom is 0.237 e. The van der Waals surface area contributed by atoms with E-state index in [0.29, 0.717) is 19.4 Å². The van der Waals surface area contributed by atoms with Gasteiger partial charge in [-0.15, -0.1) is 0 Å². The fourth-order valence-corrected chi connectivity index (χ4v) is 2.44. The number of halogens is 1. The van der Waals surface area contributed by atoms with Gasteiger partial charge in [0, 0.05) is 6.54 Å². The van der Waals surface area contributed by atoms with Crippen molar-refractivity contribution in [3.63, 3.8) is 0 Å². The molecule has 2 rings (SSSR count). The number of anilines is 1. The number of nitrogens with zero attached hydrogens (tertiary/aromatic N) is 2. The Morgan fingerprint density at radius 3 is 3.00 bits per heavy atom. The molecule has 1 aromatic rings. The largest absolute Gasteiger partial charge is 0.309 e. The van der Waals surface area contributed by atoms with Crippen molar-refractivity contribution in [3.8, 4) is 6.07 Å². The van der Waals surface area contributed by atoms with E-state index < -0.39 is 17.6 Å². The smallest absolute Gasteiger partial charge is 0.237 e. The lowest BCUT2D eigenvalue weighted by molar-refractivity contribution is -0.133. The van der Waals surface area contributed by atoms with Gasteiger partial charge in [0.25, 0.3) is 0 Å². The summed E-state index contributed by atoms with van der Waals surface area (Å²) in [6, 6.07) is 6.32. The molecule has 20 heavy (non-hydrogen) atoms. The van der Waals surface area contributed by atoms with E-state index in [0.717, 1.165) is 5.56 Å². The minimum absolute atomic E-state index is 0.212. The van der Waals surface area contributed by atoms with Crippen molar-refractivity contribution in [1.82, 2.24) is 0 Å². The molecule has 5 heteroatoms. The van der Waals surface area contributed by atoms with Crippen LogP contribution in [0.4, 0.5) is 10.1 Å². The summed E-state index contributed by atoms with van der Waals surface area (Å²) >= 11 is 0. The molecule has 0 spiro atoms. The second-order valence-electron chi connectivity index (χ2n) is 4.94. The van der Waals surface area contributed by atoms with E-state index in [2.05, 4.69) is 0 Å². The van der Waals surface area contributed by atoms with Gasteiger partial charge in [-0.05, 0) is 37.5 Å². The van der Waals surface area contributed by atoms with Gasteiger partial charge < -0.3 is 4.90 Å². The summed E-state index contributed by atoms with van der Waals surface area (Å²) in [5.74, 6) is -2.07. The summed E-state index contributed by atoms with van der Waals surface area (Å²) in [5, 5.41) is 8.56. The highest BCUT2D eigenvalue weighted by molar-refractivity contribution is 6.09. The normalized spacial score (nSPS) is 18.8. The van der Waals surface area contributed by atoms with Crippen LogP contribution < -0.4 is 4.90 Å². The van der Waals surface area contributed by atoms with Crippen LogP contribution in [-0.4, -0.2) is 18.2 Å². The molecule has 0 aliphatic carbocycles. The van der Waals surface area contributed by atoms with Gasteiger partial charge in [-0.25, -0.2) is 4.39 Å². The molecule has 1 aromatic carbocycles. The Hall–Kier alpha value is -2.22. The maximum absolute atomic E-state index is 13.9. The zero-order valence-electron chi connectivity index (χ0n) is 11.2. The van der Waals surface area contributed by atoms with E-state index >= 15 is 0 Å². The number of Topliss-reactive ketones (excluding diaryl/α,β-unsaturated/α-hetero) is 1. The number of aryl methyl sites for hydroxylation is 1. The first-order valence-electron chi connectivity index (χ1n) is 6.52. The maximum atomic E-state index is 13.9. The van der Waals surface area contributed by atoms with Crippen molar-refractivity contribution in [2.75, 3.05) is 11.4 Å². The molecule has 0 unspecified atom stereocenters. The Bertz CT molecular complexity index is 592. The number of hydrogen-bond acceptors (Lipinski definition) is 3. The minimum Gasteiger partial charge on any atom is -0.309 e. The summed E-state index contributed by atoms with van der Waals surface area (Å²) in [5.41, 5.74) is 1.06. The van der Waals surface area contributed by atoms with Gasteiger partial charge in [-0.3, -0.25) is 9.59 Å². The number of rotatable bonds is 3. The van der Waals surface area contributed by atoms with E-state index in [1.54, 1.807) is 18.2 Å². The van der Waals surface area contributed by atoms with Crippen LogP contribution in [0.1, 0.15) is 24.8 Å². The molecule has 0 saturated carbocycles. The van der Waals surface area contributed by atoms with Crippen LogP contribution in [0.25, 0.3) is 0 Å². The number of hydrogen-bond donors (Lipinski definition) is 0. The molecule has 1 atom stereocenters. The topological polar surface area (TPSA) is 61.2 Å². The van der Waals surface area contributed by atoms with E-state index in [1.165, 1.54) is 11.0 Å². The van der Waals surface area contributed by atoms with Gasteiger partial charge in [0.15, 0.2) is 5.78 Å². The van der Waals surface area contributed by atoms with Crippen molar-refractivity contribution in [2.45, 2.75) is 26.2 Å². The summed E-state index contributed by atoms with van der Waals surface area (Å²) in [6.07, 6.45) is 0.783. The van der Waals surface area contributed by atoms with Crippen LogP contribution in [0.15, 0.2) is 18.2 Å². The van der Waals surface area contributed by atoms with Gasteiger partial charge in [0.05, 0.1) is 24.1 Å². The third-order valence-electron chi connectivity index (χ3n) is 3.47. The van der Waals surface area contributed by atoms with Gasteiger partial charge in [-0.1, -0.05) is 6.07 Å². The standard InChI is InChI=1S/C15H15FN2O2/c1-10-4-5-12(16)13(9-10)18-8-2-3-11(15(18)20)14(19)6-7-17/h4-5,9,11H,2-3,6,8H2,1H3/t11-/m1/s1. The van der Waals surface area contributed by atoms with Crippen molar-refractivity contribution in [3.05, 3.63) is 29.6 Å².